The number of aromatic nitrogens is 1. The van der Waals surface area contributed by atoms with Crippen molar-refractivity contribution in [1.82, 2.24) is 4.98 Å². The number of rotatable bonds is 6. The summed E-state index contributed by atoms with van der Waals surface area (Å²) in [6.45, 7) is 1.26. The molecule has 0 bridgehead atoms. The lowest BCUT2D eigenvalue weighted by molar-refractivity contribution is -0.142. The van der Waals surface area contributed by atoms with Gasteiger partial charge in [0.25, 0.3) is 15.6 Å². The van der Waals surface area contributed by atoms with Gasteiger partial charge in [0.2, 0.25) is 0 Å². The van der Waals surface area contributed by atoms with Gasteiger partial charge in [0, 0.05) is 22.2 Å². The summed E-state index contributed by atoms with van der Waals surface area (Å²) in [7, 11) is -2.77. The van der Waals surface area contributed by atoms with Crippen molar-refractivity contribution >= 4 is 32.6 Å². The minimum Gasteiger partial charge on any atom is -0.480 e. The zero-order valence-electron chi connectivity index (χ0n) is 15.2. The molecule has 28 heavy (non-hydrogen) atoms. The Labute approximate surface area is 161 Å². The predicted octanol–water partition coefficient (Wildman–Crippen LogP) is 2.19. The highest BCUT2D eigenvalue weighted by Gasteiger charge is 2.20. The molecule has 0 saturated heterocycles. The van der Waals surface area contributed by atoms with E-state index in [1.807, 2.05) is 0 Å². The molecule has 0 amide bonds. The molecular formula is C19H18N2O6S. The Bertz CT molecular complexity index is 1200. The number of ether oxygens (including phenoxy) is 2. The number of carbonyl (C=O) groups is 1. The molecule has 2 aromatic carbocycles. The second-order valence-electron chi connectivity index (χ2n) is 6.00. The van der Waals surface area contributed by atoms with Crippen LogP contribution in [0.5, 0.6) is 5.75 Å². The second-order valence-corrected chi connectivity index (χ2v) is 7.65. The molecule has 1 aromatic heterocycles. The van der Waals surface area contributed by atoms with Crippen LogP contribution in [-0.4, -0.2) is 33.1 Å². The average Bonchev–Trinajstić information content (AvgIpc) is 2.67. The van der Waals surface area contributed by atoms with E-state index in [4.69, 9.17) is 4.74 Å². The van der Waals surface area contributed by atoms with Crippen LogP contribution in [0.25, 0.3) is 10.9 Å². The topological polar surface area (TPSA) is 115 Å². The first-order valence-corrected chi connectivity index (χ1v) is 9.73. The lowest BCUT2D eigenvalue weighted by atomic mass is 10.1. The van der Waals surface area contributed by atoms with Crippen molar-refractivity contribution in [2.75, 3.05) is 18.4 Å². The van der Waals surface area contributed by atoms with E-state index in [9.17, 15) is 18.0 Å². The number of benzene rings is 2. The summed E-state index contributed by atoms with van der Waals surface area (Å²) in [4.78, 5) is 25.6. The lowest BCUT2D eigenvalue weighted by Crippen LogP contribution is -2.17. The van der Waals surface area contributed by atoms with Gasteiger partial charge in [-0.15, -0.1) is 0 Å². The van der Waals surface area contributed by atoms with Gasteiger partial charge in [-0.05, 0) is 43.3 Å². The normalized spacial score (nSPS) is 11.2. The number of methoxy groups -OCH3 is 1. The molecule has 0 radical (unpaired) electrons. The summed E-state index contributed by atoms with van der Waals surface area (Å²) in [5.41, 5.74) is 1.24. The number of hydrogen-bond acceptors (Lipinski definition) is 6. The van der Waals surface area contributed by atoms with Crippen LogP contribution in [0.4, 0.5) is 5.69 Å². The molecule has 0 aliphatic carbocycles. The molecule has 3 aromatic rings. The van der Waals surface area contributed by atoms with E-state index in [1.54, 1.807) is 43.3 Å². The van der Waals surface area contributed by atoms with Crippen LogP contribution in [0, 0.1) is 6.92 Å². The Morgan fingerprint density at radius 3 is 2.64 bits per heavy atom. The number of nitrogens with one attached hydrogen (secondary N) is 2. The van der Waals surface area contributed by atoms with Crippen LogP contribution < -0.4 is 15.0 Å². The van der Waals surface area contributed by atoms with E-state index < -0.39 is 22.6 Å². The summed E-state index contributed by atoms with van der Waals surface area (Å²) in [6.07, 6.45) is 0. The SMILES string of the molecule is COC(=O)COc1ccccc1S(=O)(=O)Nc1ccc2[nH]c(=O)c(C)cc2c1. The van der Waals surface area contributed by atoms with Crippen LogP contribution in [0.1, 0.15) is 5.56 Å². The van der Waals surface area contributed by atoms with Gasteiger partial charge >= 0.3 is 5.97 Å². The van der Waals surface area contributed by atoms with Crippen molar-refractivity contribution in [2.24, 2.45) is 0 Å². The number of carbonyl (C=O) groups excluding carboxylic acids is 1. The van der Waals surface area contributed by atoms with Crippen LogP contribution in [0.3, 0.4) is 0 Å². The van der Waals surface area contributed by atoms with E-state index in [1.165, 1.54) is 19.2 Å². The van der Waals surface area contributed by atoms with Gasteiger partial charge in [-0.25, -0.2) is 13.2 Å². The molecule has 9 heteroatoms. The van der Waals surface area contributed by atoms with Gasteiger partial charge < -0.3 is 14.5 Å². The van der Waals surface area contributed by atoms with Crippen LogP contribution in [-0.2, 0) is 19.6 Å². The first-order valence-electron chi connectivity index (χ1n) is 8.25. The minimum absolute atomic E-state index is 0.0290. The van der Waals surface area contributed by atoms with E-state index in [0.717, 1.165) is 0 Å². The van der Waals surface area contributed by atoms with Gasteiger partial charge in [-0.3, -0.25) is 9.52 Å². The molecular weight excluding hydrogens is 384 g/mol. The van der Waals surface area contributed by atoms with Gasteiger partial charge in [0.1, 0.15) is 10.6 Å². The average molecular weight is 402 g/mol. The van der Waals surface area contributed by atoms with Crippen LogP contribution in [0.2, 0.25) is 0 Å². The van der Waals surface area contributed by atoms with Crippen molar-refractivity contribution in [2.45, 2.75) is 11.8 Å². The van der Waals surface area contributed by atoms with Gasteiger partial charge in [0.15, 0.2) is 6.61 Å². The van der Waals surface area contributed by atoms with E-state index in [0.29, 0.717) is 22.2 Å². The number of H-pyrrole nitrogens is 1. The Kier molecular flexibility index (Phi) is 5.36. The zero-order valence-corrected chi connectivity index (χ0v) is 16.0. The van der Waals surface area contributed by atoms with Crippen molar-refractivity contribution in [3.63, 3.8) is 0 Å². The monoisotopic (exact) mass is 402 g/mol. The Morgan fingerprint density at radius 1 is 1.14 bits per heavy atom. The van der Waals surface area contributed by atoms with E-state index in [-0.39, 0.29) is 16.2 Å². The molecule has 0 fully saturated rings. The molecule has 0 aliphatic rings. The summed E-state index contributed by atoms with van der Waals surface area (Å²) in [6, 6.07) is 12.4. The highest BCUT2D eigenvalue weighted by molar-refractivity contribution is 7.92. The number of aryl methyl sites for hydroxylation is 1. The molecule has 8 nitrogen and oxygen atoms in total. The molecule has 0 unspecified atom stereocenters. The fraction of sp³-hybridized carbons (Fsp3) is 0.158. The molecule has 146 valence electrons. The van der Waals surface area contributed by atoms with Gasteiger partial charge in [-0.2, -0.15) is 0 Å². The van der Waals surface area contributed by atoms with E-state index in [2.05, 4.69) is 14.4 Å². The second kappa shape index (κ2) is 7.73. The molecule has 0 saturated carbocycles. The van der Waals surface area contributed by atoms with Gasteiger partial charge in [0.05, 0.1) is 7.11 Å². The maximum Gasteiger partial charge on any atom is 0.343 e. The summed E-state index contributed by atoms with van der Waals surface area (Å²) < 4.78 is 37.9. The molecule has 0 atom stereocenters. The predicted molar refractivity (Wildman–Crippen MR) is 104 cm³/mol. The molecule has 1 heterocycles. The number of sulfonamides is 1. The number of esters is 1. The van der Waals surface area contributed by atoms with E-state index >= 15 is 0 Å². The van der Waals surface area contributed by atoms with Crippen LogP contribution in [0.15, 0.2) is 58.2 Å². The molecule has 3 rings (SSSR count). The molecule has 2 N–H and O–H groups in total. The fourth-order valence-corrected chi connectivity index (χ4v) is 3.77. The third kappa shape index (κ3) is 4.15. The number of aromatic amines is 1. The van der Waals surface area contributed by atoms with Gasteiger partial charge in [-0.1, -0.05) is 12.1 Å². The first-order chi connectivity index (χ1) is 13.3. The number of hydrogen-bond donors (Lipinski definition) is 2. The highest BCUT2D eigenvalue weighted by Crippen LogP contribution is 2.26. The number of para-hydroxylation sites is 1. The first kappa shape index (κ1) is 19.4. The molecule has 0 spiro atoms. The largest absolute Gasteiger partial charge is 0.480 e. The number of pyridine rings is 1. The van der Waals surface area contributed by atoms with Crippen LogP contribution >= 0.6 is 0 Å². The summed E-state index contributed by atoms with van der Waals surface area (Å²) in [5.74, 6) is -0.597. The maximum atomic E-state index is 12.8. The standard InChI is InChI=1S/C19H18N2O6S/c1-12-9-13-10-14(7-8-15(13)20-19(12)23)21-28(24,25)17-6-4-3-5-16(17)27-11-18(22)26-2/h3-10,21H,11H2,1-2H3,(H,20,23). The Hall–Kier alpha value is -3.33. The Balaban J connectivity index is 1.92. The minimum atomic E-state index is -3.98. The lowest BCUT2D eigenvalue weighted by Gasteiger charge is -2.13. The van der Waals surface area contributed by atoms with Crippen molar-refractivity contribution < 1.29 is 22.7 Å². The number of fused-ring (bicyclic) bond motifs is 1. The van der Waals surface area contributed by atoms with Crippen molar-refractivity contribution in [3.05, 3.63) is 64.4 Å². The maximum absolute atomic E-state index is 12.8. The highest BCUT2D eigenvalue weighted by atomic mass is 32.2. The smallest absolute Gasteiger partial charge is 0.343 e. The zero-order chi connectivity index (χ0) is 20.3. The fourth-order valence-electron chi connectivity index (χ4n) is 2.58. The third-order valence-electron chi connectivity index (χ3n) is 3.99. The Morgan fingerprint density at radius 2 is 1.89 bits per heavy atom. The van der Waals surface area contributed by atoms with Crippen molar-refractivity contribution in [3.8, 4) is 5.75 Å². The third-order valence-corrected chi connectivity index (χ3v) is 5.41. The quantitative estimate of drug-likeness (QED) is 0.611. The summed E-state index contributed by atoms with van der Waals surface area (Å²) in [5, 5.41) is 0.688. The number of anilines is 1. The summed E-state index contributed by atoms with van der Waals surface area (Å²) >= 11 is 0. The molecule has 0 aliphatic heterocycles. The van der Waals surface area contributed by atoms with Crippen molar-refractivity contribution in [1.29, 1.82) is 0 Å².